The first-order valence-electron chi connectivity index (χ1n) is 8.67. The number of hydrogen-bond acceptors (Lipinski definition) is 5. The van der Waals surface area contributed by atoms with E-state index in [0.29, 0.717) is 24.6 Å². The van der Waals surface area contributed by atoms with Gasteiger partial charge in [-0.25, -0.2) is 12.7 Å². The van der Waals surface area contributed by atoms with Gasteiger partial charge in [-0.05, 0) is 23.8 Å². The van der Waals surface area contributed by atoms with Crippen molar-refractivity contribution in [2.24, 2.45) is 4.99 Å². The van der Waals surface area contributed by atoms with Gasteiger partial charge in [-0.15, -0.1) is 34.2 Å². The summed E-state index contributed by atoms with van der Waals surface area (Å²) in [6, 6.07) is 12.6. The van der Waals surface area contributed by atoms with Crippen LogP contribution in [0.3, 0.4) is 0 Å². The molecular weight excluding hydrogens is 505 g/mol. The van der Waals surface area contributed by atoms with Gasteiger partial charge in [-0.3, -0.25) is 9.39 Å². The topological polar surface area (TPSA) is 104 Å². The highest BCUT2D eigenvalue weighted by Gasteiger charge is 2.20. The summed E-state index contributed by atoms with van der Waals surface area (Å²) < 4.78 is 28.1. The van der Waals surface area contributed by atoms with Crippen LogP contribution >= 0.6 is 24.0 Å². The molecule has 0 amide bonds. The molecule has 0 radical (unpaired) electrons. The number of aliphatic imine (C=N–C) groups is 1. The van der Waals surface area contributed by atoms with Crippen molar-refractivity contribution >= 4 is 45.6 Å². The number of nitrogens with one attached hydrogen (secondary N) is 2. The molecule has 0 unspecified atom stereocenters. The number of halogens is 1. The molecule has 0 aliphatic carbocycles. The van der Waals surface area contributed by atoms with Gasteiger partial charge in [0.25, 0.3) is 0 Å². The molecule has 3 rings (SSSR count). The molecule has 0 atom stereocenters. The lowest BCUT2D eigenvalue weighted by Crippen LogP contribution is -2.37. The summed E-state index contributed by atoms with van der Waals surface area (Å²) in [7, 11) is 1.16. The van der Waals surface area contributed by atoms with E-state index < -0.39 is 10.0 Å². The number of rotatable bonds is 6. The van der Waals surface area contributed by atoms with Crippen LogP contribution in [0.25, 0.3) is 5.65 Å². The third-order valence-corrected chi connectivity index (χ3v) is 6.11. The Kier molecular flexibility index (Phi) is 7.93. The zero-order valence-electron chi connectivity index (χ0n) is 16.4. The Morgan fingerprint density at radius 2 is 1.76 bits per heavy atom. The molecule has 156 valence electrons. The number of hydrogen-bond donors (Lipinski definition) is 2. The van der Waals surface area contributed by atoms with Crippen LogP contribution in [0.15, 0.2) is 58.5 Å². The molecule has 2 aromatic heterocycles. The quantitative estimate of drug-likeness (QED) is 0.285. The summed E-state index contributed by atoms with van der Waals surface area (Å²) >= 11 is 0. The Morgan fingerprint density at radius 3 is 2.48 bits per heavy atom. The van der Waals surface area contributed by atoms with E-state index in [-0.39, 0.29) is 28.9 Å². The van der Waals surface area contributed by atoms with Gasteiger partial charge in [-0.1, -0.05) is 24.3 Å². The van der Waals surface area contributed by atoms with Crippen LogP contribution in [-0.4, -0.2) is 54.4 Å². The summed E-state index contributed by atoms with van der Waals surface area (Å²) in [5, 5.41) is 14.6. The smallest absolute Gasteiger partial charge is 0.242 e. The van der Waals surface area contributed by atoms with Crippen molar-refractivity contribution in [3.63, 3.8) is 0 Å². The van der Waals surface area contributed by atoms with Crippen molar-refractivity contribution in [2.45, 2.75) is 18.0 Å². The maximum Gasteiger partial charge on any atom is 0.242 e. The number of guanidine groups is 1. The fourth-order valence-electron chi connectivity index (χ4n) is 2.67. The van der Waals surface area contributed by atoms with E-state index in [4.69, 9.17) is 0 Å². The number of aromatic nitrogens is 3. The van der Waals surface area contributed by atoms with Crippen LogP contribution in [0.4, 0.5) is 0 Å². The van der Waals surface area contributed by atoms with E-state index in [0.717, 1.165) is 11.5 Å². The van der Waals surface area contributed by atoms with Crippen molar-refractivity contribution in [1.29, 1.82) is 0 Å². The molecule has 2 N–H and O–H groups in total. The summed E-state index contributed by atoms with van der Waals surface area (Å²) in [6.45, 7) is 0.728. The molecule has 11 heteroatoms. The lowest BCUT2D eigenvalue weighted by molar-refractivity contribution is 0.519. The van der Waals surface area contributed by atoms with Crippen molar-refractivity contribution in [2.75, 3.05) is 21.1 Å². The lowest BCUT2D eigenvalue weighted by Gasteiger charge is -2.16. The van der Waals surface area contributed by atoms with E-state index in [2.05, 4.69) is 25.8 Å². The molecule has 0 spiro atoms. The second-order valence-corrected chi connectivity index (χ2v) is 8.34. The van der Waals surface area contributed by atoms with Crippen molar-refractivity contribution < 1.29 is 8.42 Å². The first-order valence-corrected chi connectivity index (χ1v) is 10.1. The maximum absolute atomic E-state index is 12.5. The first kappa shape index (κ1) is 23.0. The molecule has 0 aliphatic heterocycles. The molecule has 9 nitrogen and oxygen atoms in total. The standard InChI is InChI=1S/C18H23N7O2S.HI/c1-19-18(21-13-17-23-22-16-10-6-7-11-25(16)17)20-12-14-8-4-5-9-15(14)28(26,27)24(2)3;/h4-11H,12-13H2,1-3H3,(H2,19,20,21);1H. The Balaban J connectivity index is 0.00000300. The Morgan fingerprint density at radius 1 is 1.07 bits per heavy atom. The third-order valence-electron chi connectivity index (χ3n) is 4.20. The van der Waals surface area contributed by atoms with Gasteiger partial charge in [-0.2, -0.15) is 0 Å². The lowest BCUT2D eigenvalue weighted by atomic mass is 10.2. The molecule has 3 aromatic rings. The van der Waals surface area contributed by atoms with Crippen molar-refractivity contribution in [1.82, 2.24) is 29.5 Å². The van der Waals surface area contributed by atoms with Crippen LogP contribution < -0.4 is 10.6 Å². The minimum absolute atomic E-state index is 0. The zero-order valence-corrected chi connectivity index (χ0v) is 19.5. The Labute approximate surface area is 187 Å². The van der Waals surface area contributed by atoms with Gasteiger partial charge in [0, 0.05) is 33.9 Å². The number of fused-ring (bicyclic) bond motifs is 1. The van der Waals surface area contributed by atoms with E-state index in [1.807, 2.05) is 34.9 Å². The first-order chi connectivity index (χ1) is 13.4. The predicted molar refractivity (Wildman–Crippen MR) is 123 cm³/mol. The summed E-state index contributed by atoms with van der Waals surface area (Å²) in [4.78, 5) is 4.46. The second-order valence-electron chi connectivity index (χ2n) is 6.22. The third kappa shape index (κ3) is 5.22. The van der Waals surface area contributed by atoms with Gasteiger partial charge in [0.05, 0.1) is 11.4 Å². The van der Waals surface area contributed by atoms with Crippen LogP contribution in [0.5, 0.6) is 0 Å². The Hall–Kier alpha value is -2.25. The van der Waals surface area contributed by atoms with Crippen LogP contribution in [0, 0.1) is 0 Å². The summed E-state index contributed by atoms with van der Waals surface area (Å²) in [5.74, 6) is 1.28. The minimum Gasteiger partial charge on any atom is -0.352 e. The van der Waals surface area contributed by atoms with Crippen molar-refractivity contribution in [3.05, 3.63) is 60.0 Å². The minimum atomic E-state index is -3.52. The molecule has 0 aliphatic rings. The van der Waals surface area contributed by atoms with Crippen LogP contribution in [-0.2, 0) is 23.1 Å². The molecule has 2 heterocycles. The van der Waals surface area contributed by atoms with Gasteiger partial charge in [0.1, 0.15) is 0 Å². The normalized spacial score (nSPS) is 12.1. The Bertz CT molecular complexity index is 1100. The van der Waals surface area contributed by atoms with Crippen LogP contribution in [0.1, 0.15) is 11.4 Å². The van der Waals surface area contributed by atoms with Gasteiger partial charge in [0.2, 0.25) is 10.0 Å². The van der Waals surface area contributed by atoms with Gasteiger partial charge >= 0.3 is 0 Å². The maximum atomic E-state index is 12.5. The number of sulfonamides is 1. The van der Waals surface area contributed by atoms with E-state index in [1.54, 1.807) is 25.2 Å². The van der Waals surface area contributed by atoms with Gasteiger partial charge < -0.3 is 10.6 Å². The predicted octanol–water partition coefficient (Wildman–Crippen LogP) is 1.46. The molecular formula is C18H24IN7O2S. The van der Waals surface area contributed by atoms with E-state index >= 15 is 0 Å². The zero-order chi connectivity index (χ0) is 20.1. The fraction of sp³-hybridized carbons (Fsp3) is 0.278. The van der Waals surface area contributed by atoms with E-state index in [9.17, 15) is 8.42 Å². The molecule has 29 heavy (non-hydrogen) atoms. The van der Waals surface area contributed by atoms with Crippen molar-refractivity contribution in [3.8, 4) is 0 Å². The fourth-order valence-corrected chi connectivity index (χ4v) is 3.79. The largest absolute Gasteiger partial charge is 0.352 e. The second kappa shape index (κ2) is 9.98. The summed E-state index contributed by atoms with van der Waals surface area (Å²) in [5.41, 5.74) is 1.43. The van der Waals surface area contributed by atoms with E-state index in [1.165, 1.54) is 18.4 Å². The molecule has 0 fully saturated rings. The highest BCUT2D eigenvalue weighted by molar-refractivity contribution is 14.0. The summed E-state index contributed by atoms with van der Waals surface area (Å²) in [6.07, 6.45) is 1.89. The SMILES string of the molecule is CN=C(NCc1ccccc1S(=O)(=O)N(C)C)NCc1nnc2ccccn12.I. The monoisotopic (exact) mass is 529 g/mol. The number of pyridine rings is 1. The molecule has 1 aromatic carbocycles. The average molecular weight is 529 g/mol. The average Bonchev–Trinajstić information content (AvgIpc) is 3.11. The van der Waals surface area contributed by atoms with Crippen LogP contribution in [0.2, 0.25) is 0 Å². The highest BCUT2D eigenvalue weighted by atomic mass is 127. The molecule has 0 saturated carbocycles. The highest BCUT2D eigenvalue weighted by Crippen LogP contribution is 2.18. The number of nitrogens with zero attached hydrogens (tertiary/aromatic N) is 5. The molecule has 0 saturated heterocycles. The van der Waals surface area contributed by atoms with Gasteiger partial charge in [0.15, 0.2) is 17.4 Å². The number of benzene rings is 1. The molecule has 0 bridgehead atoms.